The van der Waals surface area contributed by atoms with E-state index in [2.05, 4.69) is 9.97 Å². The van der Waals surface area contributed by atoms with Gasteiger partial charge in [0.15, 0.2) is 0 Å². The van der Waals surface area contributed by atoms with Gasteiger partial charge in [0.25, 0.3) is 0 Å². The Bertz CT molecular complexity index is 634. The van der Waals surface area contributed by atoms with E-state index in [1.807, 2.05) is 24.3 Å². The molecule has 0 aliphatic heterocycles. The molecule has 0 saturated carbocycles. The van der Waals surface area contributed by atoms with Crippen LogP contribution in [0.15, 0.2) is 36.5 Å². The first kappa shape index (κ1) is 16.2. The quantitative estimate of drug-likeness (QED) is 0.579. The van der Waals surface area contributed by atoms with Crippen LogP contribution in [0.5, 0.6) is 5.75 Å². The largest absolute Gasteiger partial charge is 0.487 e. The molecule has 0 bridgehead atoms. The van der Waals surface area contributed by atoms with Crippen LogP contribution in [-0.4, -0.2) is 22.5 Å². The number of para-hydroxylation sites is 1. The zero-order valence-corrected chi connectivity index (χ0v) is 13.0. The number of hydrogen-bond donors (Lipinski definition) is 0. The Hall–Kier alpha value is -2.14. The Morgan fingerprint density at radius 2 is 2.09 bits per heavy atom. The lowest BCUT2D eigenvalue weighted by Crippen LogP contribution is -2.06. The van der Waals surface area contributed by atoms with Crippen molar-refractivity contribution in [2.24, 2.45) is 0 Å². The molecule has 0 unspecified atom stereocenters. The van der Waals surface area contributed by atoms with Crippen molar-refractivity contribution in [3.8, 4) is 5.75 Å². The van der Waals surface area contributed by atoms with Gasteiger partial charge in [-0.15, -0.1) is 0 Å². The Kier molecular flexibility index (Phi) is 6.15. The highest BCUT2D eigenvalue weighted by molar-refractivity contribution is 6.28. The van der Waals surface area contributed by atoms with E-state index in [1.54, 1.807) is 19.2 Å². The first-order valence-corrected chi connectivity index (χ1v) is 7.40. The topological polar surface area (TPSA) is 61.3 Å². The molecule has 2 rings (SSSR count). The highest BCUT2D eigenvalue weighted by atomic mass is 35.5. The summed E-state index contributed by atoms with van der Waals surface area (Å²) in [5.74, 6) is 0.515. The highest BCUT2D eigenvalue weighted by Crippen LogP contribution is 2.21. The van der Waals surface area contributed by atoms with E-state index < -0.39 is 0 Å². The van der Waals surface area contributed by atoms with Crippen LogP contribution < -0.4 is 4.74 Å². The molecule has 6 heteroatoms. The molecule has 5 nitrogen and oxygen atoms in total. The van der Waals surface area contributed by atoms with Crippen molar-refractivity contribution in [3.05, 3.63) is 53.1 Å². The average molecular weight is 321 g/mol. The molecule has 1 heterocycles. The van der Waals surface area contributed by atoms with Crippen molar-refractivity contribution < 1.29 is 14.3 Å². The van der Waals surface area contributed by atoms with Gasteiger partial charge in [0.05, 0.1) is 12.3 Å². The van der Waals surface area contributed by atoms with E-state index in [9.17, 15) is 4.79 Å². The summed E-state index contributed by atoms with van der Waals surface area (Å²) in [7, 11) is 0. The molecule has 0 aliphatic rings. The molecule has 1 aromatic heterocycles. The minimum atomic E-state index is -0.208. The van der Waals surface area contributed by atoms with E-state index in [1.165, 1.54) is 0 Å². The van der Waals surface area contributed by atoms with Crippen LogP contribution in [0.3, 0.4) is 0 Å². The molecule has 1 aromatic carbocycles. The molecule has 0 saturated heterocycles. The molecule has 0 aliphatic carbocycles. The van der Waals surface area contributed by atoms with Gasteiger partial charge < -0.3 is 9.47 Å². The number of esters is 1. The smallest absolute Gasteiger partial charge is 0.306 e. The number of halogens is 1. The molecule has 0 atom stereocenters. The maximum absolute atomic E-state index is 11.4. The third-order valence-corrected chi connectivity index (χ3v) is 3.12. The van der Waals surface area contributed by atoms with Crippen molar-refractivity contribution in [3.63, 3.8) is 0 Å². The second-order valence-corrected chi connectivity index (χ2v) is 4.86. The lowest BCUT2D eigenvalue weighted by molar-refractivity contribution is -0.143. The molecule has 0 N–H and O–H groups in total. The van der Waals surface area contributed by atoms with Gasteiger partial charge in [-0.05, 0) is 42.6 Å². The van der Waals surface area contributed by atoms with Gasteiger partial charge in [-0.1, -0.05) is 18.2 Å². The van der Waals surface area contributed by atoms with Crippen LogP contribution in [0.2, 0.25) is 5.28 Å². The fourth-order valence-corrected chi connectivity index (χ4v) is 2.09. The van der Waals surface area contributed by atoms with Crippen LogP contribution in [0.25, 0.3) is 0 Å². The minimum absolute atomic E-state index is 0.191. The van der Waals surface area contributed by atoms with Gasteiger partial charge in [0, 0.05) is 12.6 Å². The van der Waals surface area contributed by atoms with E-state index in [0.717, 1.165) is 11.3 Å². The van der Waals surface area contributed by atoms with Crippen molar-refractivity contribution >= 4 is 17.6 Å². The molecule has 0 spiro atoms. The van der Waals surface area contributed by atoms with Gasteiger partial charge in [0.2, 0.25) is 5.28 Å². The normalized spacial score (nSPS) is 10.3. The van der Waals surface area contributed by atoms with Crippen molar-refractivity contribution in [2.45, 2.75) is 26.4 Å². The number of carbonyl (C=O) groups excluding carboxylic acids is 1. The maximum Gasteiger partial charge on any atom is 0.306 e. The van der Waals surface area contributed by atoms with Crippen molar-refractivity contribution in [1.82, 2.24) is 9.97 Å². The van der Waals surface area contributed by atoms with Crippen LogP contribution in [-0.2, 0) is 22.6 Å². The van der Waals surface area contributed by atoms with Gasteiger partial charge in [-0.3, -0.25) is 4.79 Å². The third kappa shape index (κ3) is 5.00. The summed E-state index contributed by atoms with van der Waals surface area (Å²) in [6.07, 6.45) is 2.48. The van der Waals surface area contributed by atoms with Crippen molar-refractivity contribution in [2.75, 3.05) is 6.61 Å². The standard InChI is InChI=1S/C16H17ClN2O3/c1-2-21-15(20)8-7-12-5-3-4-6-14(12)22-11-13-9-10-18-16(17)19-13/h3-6,9-10H,2,7-8,11H2,1H3. The summed E-state index contributed by atoms with van der Waals surface area (Å²) in [5, 5.41) is 0.191. The molecular formula is C16H17ClN2O3. The molecule has 22 heavy (non-hydrogen) atoms. The van der Waals surface area contributed by atoms with E-state index in [0.29, 0.717) is 31.7 Å². The van der Waals surface area contributed by atoms with E-state index in [4.69, 9.17) is 21.1 Å². The zero-order valence-electron chi connectivity index (χ0n) is 12.3. The van der Waals surface area contributed by atoms with Crippen LogP contribution in [0.1, 0.15) is 24.6 Å². The fourth-order valence-electron chi connectivity index (χ4n) is 1.92. The van der Waals surface area contributed by atoms with Gasteiger partial charge in [-0.2, -0.15) is 0 Å². The first-order chi connectivity index (χ1) is 10.7. The van der Waals surface area contributed by atoms with Gasteiger partial charge >= 0.3 is 5.97 Å². The number of carbonyl (C=O) groups is 1. The zero-order chi connectivity index (χ0) is 15.8. The Labute approximate surface area is 134 Å². The lowest BCUT2D eigenvalue weighted by atomic mass is 10.1. The molecule has 0 radical (unpaired) electrons. The second-order valence-electron chi connectivity index (χ2n) is 4.52. The van der Waals surface area contributed by atoms with Gasteiger partial charge in [-0.25, -0.2) is 9.97 Å². The summed E-state index contributed by atoms with van der Waals surface area (Å²) in [5.41, 5.74) is 1.65. The number of aryl methyl sites for hydroxylation is 1. The summed E-state index contributed by atoms with van der Waals surface area (Å²) in [6, 6.07) is 9.34. The first-order valence-electron chi connectivity index (χ1n) is 7.02. The molecule has 0 amide bonds. The highest BCUT2D eigenvalue weighted by Gasteiger charge is 2.08. The molecule has 2 aromatic rings. The number of benzene rings is 1. The van der Waals surface area contributed by atoms with Crippen molar-refractivity contribution in [1.29, 1.82) is 0 Å². The third-order valence-electron chi connectivity index (χ3n) is 2.94. The monoisotopic (exact) mass is 320 g/mol. The SMILES string of the molecule is CCOC(=O)CCc1ccccc1OCc1ccnc(Cl)n1. The van der Waals surface area contributed by atoms with E-state index >= 15 is 0 Å². The lowest BCUT2D eigenvalue weighted by Gasteiger charge is -2.11. The van der Waals surface area contributed by atoms with Crippen LogP contribution in [0, 0.1) is 0 Å². The predicted molar refractivity (Wildman–Crippen MR) is 82.8 cm³/mol. The van der Waals surface area contributed by atoms with Crippen LogP contribution >= 0.6 is 11.6 Å². The average Bonchev–Trinajstić information content (AvgIpc) is 2.52. The summed E-state index contributed by atoms with van der Waals surface area (Å²) in [6.45, 7) is 2.48. The second kappa shape index (κ2) is 8.34. The van der Waals surface area contributed by atoms with Gasteiger partial charge in [0.1, 0.15) is 12.4 Å². The maximum atomic E-state index is 11.4. The number of nitrogens with zero attached hydrogens (tertiary/aromatic N) is 2. The summed E-state index contributed by atoms with van der Waals surface area (Å²) >= 11 is 5.74. The number of aromatic nitrogens is 2. The molecule has 0 fully saturated rings. The van der Waals surface area contributed by atoms with Crippen LogP contribution in [0.4, 0.5) is 0 Å². The number of rotatable bonds is 7. The number of hydrogen-bond acceptors (Lipinski definition) is 5. The Balaban J connectivity index is 1.97. The molecular weight excluding hydrogens is 304 g/mol. The summed E-state index contributed by atoms with van der Waals surface area (Å²) in [4.78, 5) is 19.3. The summed E-state index contributed by atoms with van der Waals surface area (Å²) < 4.78 is 10.7. The Morgan fingerprint density at radius 1 is 1.27 bits per heavy atom. The predicted octanol–water partition coefficient (Wildman–Crippen LogP) is 3.20. The molecule has 116 valence electrons. The Morgan fingerprint density at radius 3 is 2.86 bits per heavy atom. The fraction of sp³-hybridized carbons (Fsp3) is 0.312. The van der Waals surface area contributed by atoms with E-state index in [-0.39, 0.29) is 11.3 Å². The number of ether oxygens (including phenoxy) is 2. The minimum Gasteiger partial charge on any atom is -0.487 e.